The molecule has 0 spiro atoms. The minimum absolute atomic E-state index is 0. The maximum Gasteiger partial charge on any atom is 0.102 e. The van der Waals surface area contributed by atoms with Crippen molar-refractivity contribution in [1.29, 1.82) is 0 Å². The van der Waals surface area contributed by atoms with Gasteiger partial charge in [-0.15, -0.1) is 0 Å². The predicted molar refractivity (Wildman–Crippen MR) is 181 cm³/mol. The Morgan fingerprint density at radius 1 is 0.256 bits per heavy atom. The molecule has 2 nitrogen and oxygen atoms in total. The maximum atomic E-state index is 7.50. The normalized spacial score (nSPS) is 9.44. The van der Waals surface area contributed by atoms with Gasteiger partial charge in [0.1, 0.15) is 31.8 Å². The van der Waals surface area contributed by atoms with Crippen molar-refractivity contribution in [1.82, 2.24) is 0 Å². The number of hydrogen-bond acceptors (Lipinski definition) is 0. The molecular formula is C38H32NiO2P2+2. The molecule has 0 N–H and O–H groups in total. The van der Waals surface area contributed by atoms with Crippen LogP contribution in [-0.4, -0.2) is 0 Å². The third-order valence-corrected chi connectivity index (χ3v) is 11.8. The summed E-state index contributed by atoms with van der Waals surface area (Å²) in [5.41, 5.74) is 0. The summed E-state index contributed by atoms with van der Waals surface area (Å²) in [7, 11) is -1.75. The summed E-state index contributed by atoms with van der Waals surface area (Å²) in [5.74, 6) is 0. The first-order valence-corrected chi connectivity index (χ1v) is 16.4. The monoisotopic (exact) mass is 640 g/mol. The van der Waals surface area contributed by atoms with Crippen LogP contribution in [0.5, 0.6) is 0 Å². The van der Waals surface area contributed by atoms with Gasteiger partial charge < -0.3 is 0 Å². The van der Waals surface area contributed by atoms with Crippen LogP contribution in [0.1, 0.15) is 0 Å². The summed E-state index contributed by atoms with van der Waals surface area (Å²) in [5, 5.41) is 8.61. The SMILES string of the molecule is [C-]#[O+].[C-]#[O+].[Ni].c1ccc([PH+](c2ccccc2)c2ccccc2)cc1.c1ccc([PH+](c2ccccc2)c2ccccc2)cc1. The Labute approximate surface area is 267 Å². The van der Waals surface area contributed by atoms with Crippen LogP contribution < -0.4 is 31.8 Å². The zero-order valence-electron chi connectivity index (χ0n) is 23.5. The number of rotatable bonds is 6. The molecule has 0 atom stereocenters. The first kappa shape index (κ1) is 35.4. The molecule has 0 bridgehead atoms. The Balaban J connectivity index is 0.000000264. The summed E-state index contributed by atoms with van der Waals surface area (Å²) in [4.78, 5) is 0. The van der Waals surface area contributed by atoms with Crippen LogP contribution in [-0.2, 0) is 25.8 Å². The van der Waals surface area contributed by atoms with Crippen molar-refractivity contribution >= 4 is 47.7 Å². The minimum atomic E-state index is -0.877. The van der Waals surface area contributed by atoms with E-state index in [1.165, 1.54) is 31.8 Å². The van der Waals surface area contributed by atoms with E-state index in [0.717, 1.165) is 0 Å². The van der Waals surface area contributed by atoms with E-state index in [1.54, 1.807) is 0 Å². The van der Waals surface area contributed by atoms with E-state index in [0.29, 0.717) is 0 Å². The molecule has 6 aromatic rings. The van der Waals surface area contributed by atoms with E-state index in [1.807, 2.05) is 0 Å². The average molecular weight is 641 g/mol. The van der Waals surface area contributed by atoms with E-state index in [2.05, 4.69) is 195 Å². The van der Waals surface area contributed by atoms with E-state index >= 15 is 0 Å². The van der Waals surface area contributed by atoms with Gasteiger partial charge in [-0.3, -0.25) is 0 Å². The van der Waals surface area contributed by atoms with Gasteiger partial charge >= 0.3 is 22.6 Å². The molecule has 0 heterocycles. The molecule has 0 amide bonds. The summed E-state index contributed by atoms with van der Waals surface area (Å²) in [6.07, 6.45) is 0. The summed E-state index contributed by atoms with van der Waals surface area (Å²) in [6, 6.07) is 65.0. The molecule has 0 aliphatic rings. The Kier molecular flexibility index (Phi) is 17.2. The standard InChI is InChI=1S/2C18H15P.2CO.Ni/c2*1-4-10-16(11-5-1)19(17-12-6-2-7-13-17)18-14-8-3-9-15-18;2*1-2;/h2*1-15H;;;/p+2. The fraction of sp³-hybridized carbons (Fsp3) is 0. The van der Waals surface area contributed by atoms with Gasteiger partial charge in [-0.2, -0.15) is 0 Å². The van der Waals surface area contributed by atoms with Crippen molar-refractivity contribution < 1.29 is 25.8 Å². The molecule has 214 valence electrons. The van der Waals surface area contributed by atoms with Gasteiger partial charge in [-0.1, -0.05) is 109 Å². The fourth-order valence-electron chi connectivity index (χ4n) is 4.63. The molecular weight excluding hydrogens is 609 g/mol. The Morgan fingerprint density at radius 3 is 0.488 bits per heavy atom. The Morgan fingerprint density at radius 2 is 0.372 bits per heavy atom. The van der Waals surface area contributed by atoms with E-state index in [9.17, 15) is 0 Å². The number of benzene rings is 6. The van der Waals surface area contributed by atoms with Crippen LogP contribution in [0.4, 0.5) is 0 Å². The van der Waals surface area contributed by atoms with Gasteiger partial charge in [-0.25, -0.2) is 0 Å². The second-order valence-electron chi connectivity index (χ2n) is 8.95. The van der Waals surface area contributed by atoms with E-state index in [4.69, 9.17) is 9.30 Å². The van der Waals surface area contributed by atoms with Crippen LogP contribution in [0, 0.1) is 13.3 Å². The molecule has 43 heavy (non-hydrogen) atoms. The molecule has 5 heteroatoms. The van der Waals surface area contributed by atoms with Gasteiger partial charge in [0.05, 0.1) is 15.8 Å². The van der Waals surface area contributed by atoms with Gasteiger partial charge in [0.15, 0.2) is 0 Å². The largest absolute Gasteiger partial charge is 0.102 e. The molecule has 0 aromatic heterocycles. The van der Waals surface area contributed by atoms with Gasteiger partial charge in [-0.05, 0) is 72.8 Å². The molecule has 0 radical (unpaired) electrons. The quantitative estimate of drug-likeness (QED) is 0.0891. The average Bonchev–Trinajstić information content (AvgIpc) is 3.10. The van der Waals surface area contributed by atoms with Gasteiger partial charge in [0.2, 0.25) is 0 Å². The Bertz CT molecular complexity index is 1270. The second kappa shape index (κ2) is 20.9. The molecule has 6 aromatic carbocycles. The molecule has 0 aliphatic carbocycles. The third-order valence-electron chi connectivity index (χ3n) is 6.37. The smallest absolute Gasteiger partial charge is 0.0620 e. The molecule has 0 saturated carbocycles. The van der Waals surface area contributed by atoms with Crippen LogP contribution in [0.3, 0.4) is 0 Å². The van der Waals surface area contributed by atoms with Crippen LogP contribution in [0.15, 0.2) is 182 Å². The second-order valence-corrected chi connectivity index (χ2v) is 13.9. The van der Waals surface area contributed by atoms with Crippen molar-refractivity contribution in [2.75, 3.05) is 0 Å². The molecule has 6 rings (SSSR count). The van der Waals surface area contributed by atoms with Crippen molar-refractivity contribution in [2.45, 2.75) is 0 Å². The zero-order chi connectivity index (χ0) is 29.8. The zero-order valence-corrected chi connectivity index (χ0v) is 26.4. The van der Waals surface area contributed by atoms with Crippen molar-refractivity contribution in [3.63, 3.8) is 0 Å². The summed E-state index contributed by atoms with van der Waals surface area (Å²) < 4.78 is 15.0. The molecule has 0 fully saturated rings. The minimum Gasteiger partial charge on any atom is -0.0620 e. The van der Waals surface area contributed by atoms with Crippen molar-refractivity contribution in [3.8, 4) is 0 Å². The topological polar surface area (TPSA) is 39.8 Å². The van der Waals surface area contributed by atoms with E-state index < -0.39 is 15.8 Å². The van der Waals surface area contributed by atoms with Crippen LogP contribution in [0.2, 0.25) is 0 Å². The van der Waals surface area contributed by atoms with E-state index in [-0.39, 0.29) is 16.5 Å². The molecule has 0 unspecified atom stereocenters. The van der Waals surface area contributed by atoms with Crippen molar-refractivity contribution in [2.24, 2.45) is 0 Å². The summed E-state index contributed by atoms with van der Waals surface area (Å²) in [6.45, 7) is 9.00. The number of hydrogen-bond donors (Lipinski definition) is 0. The Hall–Kier alpha value is -3.85. The van der Waals surface area contributed by atoms with Gasteiger partial charge in [0.25, 0.3) is 0 Å². The molecule has 0 aliphatic heterocycles. The maximum absolute atomic E-state index is 7.50. The first-order chi connectivity index (χ1) is 20.9. The van der Waals surface area contributed by atoms with Crippen molar-refractivity contribution in [3.05, 3.63) is 195 Å². The summed E-state index contributed by atoms with van der Waals surface area (Å²) >= 11 is 0. The van der Waals surface area contributed by atoms with Crippen LogP contribution >= 0.6 is 15.8 Å². The predicted octanol–water partition coefficient (Wildman–Crippen LogP) is 6.28. The fourth-order valence-corrected chi connectivity index (χ4v) is 9.78. The van der Waals surface area contributed by atoms with Gasteiger partial charge in [0, 0.05) is 16.5 Å². The first-order valence-electron chi connectivity index (χ1n) is 13.4. The third kappa shape index (κ3) is 10.7. The molecule has 0 saturated heterocycles. The van der Waals surface area contributed by atoms with Crippen LogP contribution in [0.25, 0.3) is 0 Å².